The van der Waals surface area contributed by atoms with Crippen molar-refractivity contribution in [1.29, 1.82) is 0 Å². The number of esters is 1. The minimum atomic E-state index is -0.299. The van der Waals surface area contributed by atoms with E-state index < -0.39 is 0 Å². The summed E-state index contributed by atoms with van der Waals surface area (Å²) in [6, 6.07) is 7.43. The maximum absolute atomic E-state index is 12.1. The zero-order chi connectivity index (χ0) is 15.9. The Balaban J connectivity index is 1.76. The Labute approximate surface area is 133 Å². The maximum atomic E-state index is 12.1. The van der Waals surface area contributed by atoms with Gasteiger partial charge in [-0.3, -0.25) is 0 Å². The monoisotopic (exact) mass is 302 g/mol. The van der Waals surface area contributed by atoms with Gasteiger partial charge in [0.05, 0.1) is 6.61 Å². The van der Waals surface area contributed by atoms with Crippen molar-refractivity contribution in [2.75, 3.05) is 6.61 Å². The van der Waals surface area contributed by atoms with Crippen molar-refractivity contribution >= 4 is 5.97 Å². The number of ether oxygens (including phenoxy) is 2. The van der Waals surface area contributed by atoms with Gasteiger partial charge in [0.25, 0.3) is 0 Å². The summed E-state index contributed by atoms with van der Waals surface area (Å²) in [6.45, 7) is 9.25. The third-order valence-corrected chi connectivity index (χ3v) is 5.94. The summed E-state index contributed by atoms with van der Waals surface area (Å²) in [5.74, 6) is 2.36. The van der Waals surface area contributed by atoms with E-state index in [0.29, 0.717) is 29.3 Å². The molecule has 2 bridgehead atoms. The van der Waals surface area contributed by atoms with Crippen molar-refractivity contribution in [3.63, 3.8) is 0 Å². The predicted molar refractivity (Wildman–Crippen MR) is 86.0 cm³/mol. The Morgan fingerprint density at radius 3 is 2.64 bits per heavy atom. The highest BCUT2D eigenvalue weighted by atomic mass is 16.5. The molecule has 3 saturated carbocycles. The summed E-state index contributed by atoms with van der Waals surface area (Å²) in [6.07, 6.45) is 2.61. The number of fused-ring (bicyclic) bond motifs is 2. The molecule has 3 heteroatoms. The van der Waals surface area contributed by atoms with Gasteiger partial charge in [-0.05, 0) is 55.1 Å². The standard InChI is InChI=1S/C19H26O3/c1-5-21-18(20)14-8-6-7-9-16(14)22-17-11-13-10-15(12(17)2)19(13,3)4/h6-9,12-13,15,17H,5,10-11H2,1-4H3/t12-,13+,15-,17+/m0/s1. The van der Waals surface area contributed by atoms with Crippen LogP contribution in [0.3, 0.4) is 0 Å². The lowest BCUT2D eigenvalue weighted by Crippen LogP contribution is -2.58. The number of carbonyl (C=O) groups excluding carboxylic acids is 1. The molecule has 1 aromatic rings. The molecule has 3 aliphatic rings. The highest BCUT2D eigenvalue weighted by Gasteiger charge is 2.57. The first-order valence-electron chi connectivity index (χ1n) is 8.38. The molecule has 0 radical (unpaired) electrons. The van der Waals surface area contributed by atoms with E-state index in [4.69, 9.17) is 9.47 Å². The Hall–Kier alpha value is -1.51. The number of carbonyl (C=O) groups is 1. The van der Waals surface area contributed by atoms with Crippen LogP contribution in [0.1, 0.15) is 50.9 Å². The molecule has 3 nitrogen and oxygen atoms in total. The van der Waals surface area contributed by atoms with Gasteiger partial charge in [-0.25, -0.2) is 4.79 Å². The van der Waals surface area contributed by atoms with Gasteiger partial charge in [-0.1, -0.05) is 32.9 Å². The van der Waals surface area contributed by atoms with E-state index in [-0.39, 0.29) is 12.1 Å². The van der Waals surface area contributed by atoms with Gasteiger partial charge < -0.3 is 9.47 Å². The number of benzene rings is 1. The van der Waals surface area contributed by atoms with E-state index >= 15 is 0 Å². The molecule has 0 aliphatic heterocycles. The fourth-order valence-electron chi connectivity index (χ4n) is 4.37. The summed E-state index contributed by atoms with van der Waals surface area (Å²) in [7, 11) is 0. The third kappa shape index (κ3) is 2.41. The Kier molecular flexibility index (Phi) is 3.92. The predicted octanol–water partition coefficient (Wildman–Crippen LogP) is 4.31. The quantitative estimate of drug-likeness (QED) is 0.777. The SMILES string of the molecule is CCOC(=O)c1ccccc1O[C@@H]1C[C@H]2C[C@@H]([C@@H]1C)C2(C)C. The second kappa shape index (κ2) is 5.60. The van der Waals surface area contributed by atoms with Crippen LogP contribution in [0.4, 0.5) is 0 Å². The van der Waals surface area contributed by atoms with Crippen molar-refractivity contribution in [3.8, 4) is 5.75 Å². The Morgan fingerprint density at radius 2 is 2.00 bits per heavy atom. The summed E-state index contributed by atoms with van der Waals surface area (Å²) < 4.78 is 11.4. The molecule has 120 valence electrons. The zero-order valence-electron chi connectivity index (χ0n) is 14.0. The third-order valence-electron chi connectivity index (χ3n) is 5.94. The summed E-state index contributed by atoms with van der Waals surface area (Å²) in [5, 5.41) is 0. The van der Waals surface area contributed by atoms with Gasteiger partial charge in [-0.15, -0.1) is 0 Å². The number of hydrogen-bond donors (Lipinski definition) is 0. The molecule has 1 aromatic carbocycles. The van der Waals surface area contributed by atoms with Gasteiger partial charge >= 0.3 is 5.97 Å². The lowest BCUT2D eigenvalue weighted by Gasteiger charge is -2.61. The van der Waals surface area contributed by atoms with Crippen LogP contribution in [0, 0.1) is 23.2 Å². The van der Waals surface area contributed by atoms with Crippen LogP contribution in [-0.2, 0) is 4.74 Å². The van der Waals surface area contributed by atoms with Crippen molar-refractivity contribution in [2.24, 2.45) is 23.2 Å². The molecule has 0 unspecified atom stereocenters. The summed E-state index contributed by atoms with van der Waals surface area (Å²) in [5.41, 5.74) is 0.981. The van der Waals surface area contributed by atoms with Crippen molar-refractivity contribution in [1.82, 2.24) is 0 Å². The molecular formula is C19H26O3. The van der Waals surface area contributed by atoms with E-state index in [1.807, 2.05) is 25.1 Å². The molecule has 4 atom stereocenters. The molecule has 0 spiro atoms. The smallest absolute Gasteiger partial charge is 0.341 e. The normalized spacial score (nSPS) is 32.0. The first kappa shape index (κ1) is 15.4. The summed E-state index contributed by atoms with van der Waals surface area (Å²) >= 11 is 0. The van der Waals surface area contributed by atoms with Crippen LogP contribution in [0.2, 0.25) is 0 Å². The largest absolute Gasteiger partial charge is 0.489 e. The highest BCUT2D eigenvalue weighted by Crippen LogP contribution is 2.61. The van der Waals surface area contributed by atoms with Crippen molar-refractivity contribution in [3.05, 3.63) is 29.8 Å². The van der Waals surface area contributed by atoms with Gasteiger partial charge in [0.1, 0.15) is 17.4 Å². The minimum Gasteiger partial charge on any atom is -0.489 e. The van der Waals surface area contributed by atoms with E-state index in [2.05, 4.69) is 20.8 Å². The van der Waals surface area contributed by atoms with Crippen molar-refractivity contribution in [2.45, 2.75) is 46.6 Å². The molecule has 0 heterocycles. The molecule has 3 aliphatic carbocycles. The van der Waals surface area contributed by atoms with Crippen LogP contribution in [0.15, 0.2) is 24.3 Å². The maximum Gasteiger partial charge on any atom is 0.341 e. The first-order valence-corrected chi connectivity index (χ1v) is 8.38. The van der Waals surface area contributed by atoms with E-state index in [9.17, 15) is 4.79 Å². The molecule has 22 heavy (non-hydrogen) atoms. The molecule has 0 N–H and O–H groups in total. The molecule has 0 saturated heterocycles. The fraction of sp³-hybridized carbons (Fsp3) is 0.632. The lowest BCUT2D eigenvalue weighted by atomic mass is 9.45. The van der Waals surface area contributed by atoms with Crippen LogP contribution >= 0.6 is 0 Å². The molecule has 0 aromatic heterocycles. The summed E-state index contributed by atoms with van der Waals surface area (Å²) in [4.78, 5) is 12.1. The topological polar surface area (TPSA) is 35.5 Å². The van der Waals surface area contributed by atoms with Gasteiger partial charge in [-0.2, -0.15) is 0 Å². The Morgan fingerprint density at radius 1 is 1.27 bits per heavy atom. The number of hydrogen-bond acceptors (Lipinski definition) is 3. The number of rotatable bonds is 4. The zero-order valence-corrected chi connectivity index (χ0v) is 14.0. The average Bonchev–Trinajstić information content (AvgIpc) is 2.49. The van der Waals surface area contributed by atoms with Crippen LogP contribution in [0.25, 0.3) is 0 Å². The molecular weight excluding hydrogens is 276 g/mol. The second-order valence-corrected chi connectivity index (χ2v) is 7.33. The fourth-order valence-corrected chi connectivity index (χ4v) is 4.37. The molecule has 3 fully saturated rings. The van der Waals surface area contributed by atoms with Gasteiger partial charge in [0, 0.05) is 0 Å². The lowest BCUT2D eigenvalue weighted by molar-refractivity contribution is -0.147. The van der Waals surface area contributed by atoms with Crippen LogP contribution in [-0.4, -0.2) is 18.7 Å². The van der Waals surface area contributed by atoms with E-state index in [0.717, 1.165) is 18.3 Å². The molecule has 4 rings (SSSR count). The second-order valence-electron chi connectivity index (χ2n) is 7.33. The van der Waals surface area contributed by atoms with Crippen molar-refractivity contribution < 1.29 is 14.3 Å². The van der Waals surface area contributed by atoms with Gasteiger partial charge in [0.2, 0.25) is 0 Å². The number of para-hydroxylation sites is 1. The van der Waals surface area contributed by atoms with E-state index in [1.54, 1.807) is 6.07 Å². The molecule has 0 amide bonds. The Bertz CT molecular complexity index is 564. The highest BCUT2D eigenvalue weighted by molar-refractivity contribution is 5.92. The minimum absolute atomic E-state index is 0.201. The first-order chi connectivity index (χ1) is 10.4. The van der Waals surface area contributed by atoms with Crippen LogP contribution < -0.4 is 4.74 Å². The van der Waals surface area contributed by atoms with E-state index in [1.165, 1.54) is 6.42 Å². The van der Waals surface area contributed by atoms with Crippen LogP contribution in [0.5, 0.6) is 5.75 Å². The van der Waals surface area contributed by atoms with Gasteiger partial charge in [0.15, 0.2) is 0 Å². The average molecular weight is 302 g/mol.